The van der Waals surface area contributed by atoms with E-state index in [0.717, 1.165) is 30.7 Å². The molecule has 0 saturated carbocycles. The number of amides is 2. The summed E-state index contributed by atoms with van der Waals surface area (Å²) in [5.74, 6) is -0.000988. The van der Waals surface area contributed by atoms with Gasteiger partial charge in [0.15, 0.2) is 0 Å². The zero-order valence-corrected chi connectivity index (χ0v) is 15.6. The van der Waals surface area contributed by atoms with Crippen LogP contribution < -0.4 is 0 Å². The molecule has 1 N–H and O–H groups in total. The van der Waals surface area contributed by atoms with Gasteiger partial charge in [-0.2, -0.15) is 0 Å². The van der Waals surface area contributed by atoms with Gasteiger partial charge in [-0.25, -0.2) is 0 Å². The molecule has 0 unspecified atom stereocenters. The van der Waals surface area contributed by atoms with Crippen LogP contribution in [0.15, 0.2) is 12.4 Å². The maximum Gasteiger partial charge on any atom is 0.251 e. The van der Waals surface area contributed by atoms with Crippen LogP contribution in [0.25, 0.3) is 0 Å². The number of rotatable bonds is 4. The highest BCUT2D eigenvalue weighted by Gasteiger charge is 2.42. The number of carbonyl (C=O) groups excluding carboxylic acids is 2. The van der Waals surface area contributed by atoms with Crippen molar-refractivity contribution in [3.8, 4) is 0 Å². The van der Waals surface area contributed by atoms with Crippen LogP contribution in [-0.2, 0) is 16.1 Å². The normalized spacial score (nSPS) is 21.1. The first kappa shape index (κ1) is 18.8. The molecule has 26 heavy (non-hydrogen) atoms. The molecule has 1 spiro atoms. The van der Waals surface area contributed by atoms with Crippen molar-refractivity contribution >= 4 is 11.8 Å². The number of carbonyl (C=O) groups is 2. The van der Waals surface area contributed by atoms with Crippen molar-refractivity contribution < 1.29 is 14.7 Å². The minimum Gasteiger partial charge on any atom is -0.383 e. The Kier molecular flexibility index (Phi) is 5.55. The van der Waals surface area contributed by atoms with Crippen molar-refractivity contribution in [3.63, 3.8) is 0 Å². The molecule has 2 saturated heterocycles. The Morgan fingerprint density at radius 3 is 2.62 bits per heavy atom. The molecule has 7 heteroatoms. The Balaban J connectivity index is 1.62. The molecule has 0 aliphatic carbocycles. The molecule has 2 fully saturated rings. The van der Waals surface area contributed by atoms with Gasteiger partial charge in [0.2, 0.25) is 5.91 Å². The first-order valence-corrected chi connectivity index (χ1v) is 9.44. The van der Waals surface area contributed by atoms with Gasteiger partial charge in [0.25, 0.3) is 5.91 Å². The summed E-state index contributed by atoms with van der Waals surface area (Å²) in [6.07, 6.45) is 6.18. The fraction of sp³-hybridized carbons (Fsp3) is 0.684. The predicted molar refractivity (Wildman–Crippen MR) is 96.0 cm³/mol. The number of aryl methyl sites for hydroxylation is 1. The molecule has 0 aromatic carbocycles. The molecule has 3 heterocycles. The van der Waals surface area contributed by atoms with Crippen molar-refractivity contribution in [2.45, 2.75) is 58.6 Å². The lowest BCUT2D eigenvalue weighted by Gasteiger charge is -2.47. The molecule has 0 radical (unpaired) electrons. The Bertz CT molecular complexity index is 653. The van der Waals surface area contributed by atoms with Crippen LogP contribution in [0, 0.1) is 12.3 Å². The predicted octanol–water partition coefficient (Wildman–Crippen LogP) is 1.29. The summed E-state index contributed by atoms with van der Waals surface area (Å²) in [6, 6.07) is 0. The van der Waals surface area contributed by atoms with Gasteiger partial charge >= 0.3 is 0 Å². The average molecular weight is 360 g/mol. The Morgan fingerprint density at radius 2 is 2.00 bits per heavy atom. The minimum atomic E-state index is -0.895. The molecule has 3 rings (SSSR count). The maximum absolute atomic E-state index is 12.4. The standard InChI is InChI=1S/C19H28N4O3/c1-3-16(24)18(26)22-8-6-19(7-9-22)5-4-17(25)23(13-19)12-15-11-20-14(2)10-21-15/h10-11,16,24H,3-9,12-13H2,1-2H3/t16-/m0/s1. The van der Waals surface area contributed by atoms with E-state index in [1.54, 1.807) is 17.3 Å². The van der Waals surface area contributed by atoms with E-state index in [1.165, 1.54) is 0 Å². The SMILES string of the molecule is CC[C@H](O)C(=O)N1CCC2(CCC(=O)N(Cc3cnc(C)cn3)C2)CC1. The van der Waals surface area contributed by atoms with Crippen molar-refractivity contribution in [1.29, 1.82) is 0 Å². The summed E-state index contributed by atoms with van der Waals surface area (Å²) in [4.78, 5) is 36.8. The zero-order valence-electron chi connectivity index (χ0n) is 15.6. The van der Waals surface area contributed by atoms with Crippen molar-refractivity contribution in [2.75, 3.05) is 19.6 Å². The number of aliphatic hydroxyl groups is 1. The van der Waals surface area contributed by atoms with Gasteiger partial charge in [0, 0.05) is 32.3 Å². The van der Waals surface area contributed by atoms with E-state index in [0.29, 0.717) is 39.0 Å². The third kappa shape index (κ3) is 4.03. The van der Waals surface area contributed by atoms with Crippen LogP contribution in [0.1, 0.15) is 50.4 Å². The molecule has 2 amide bonds. The molecular weight excluding hydrogens is 332 g/mol. The second-order valence-corrected chi connectivity index (χ2v) is 7.65. The lowest BCUT2D eigenvalue weighted by Crippen LogP contribution is -2.53. The van der Waals surface area contributed by atoms with E-state index >= 15 is 0 Å². The molecule has 7 nitrogen and oxygen atoms in total. The topological polar surface area (TPSA) is 86.6 Å². The summed E-state index contributed by atoms with van der Waals surface area (Å²) in [5.41, 5.74) is 1.74. The number of hydrogen-bond acceptors (Lipinski definition) is 5. The number of likely N-dealkylation sites (tertiary alicyclic amines) is 2. The largest absolute Gasteiger partial charge is 0.383 e. The first-order valence-electron chi connectivity index (χ1n) is 9.44. The monoisotopic (exact) mass is 360 g/mol. The van der Waals surface area contributed by atoms with Crippen LogP contribution in [0.4, 0.5) is 0 Å². The van der Waals surface area contributed by atoms with Crippen LogP contribution in [0.3, 0.4) is 0 Å². The fourth-order valence-electron chi connectivity index (χ4n) is 3.94. The number of piperidine rings is 2. The Hall–Kier alpha value is -2.02. The van der Waals surface area contributed by atoms with Crippen molar-refractivity contribution in [2.24, 2.45) is 5.41 Å². The third-order valence-corrected chi connectivity index (χ3v) is 5.74. The molecule has 1 aromatic rings. The van der Waals surface area contributed by atoms with E-state index in [9.17, 15) is 14.7 Å². The molecular formula is C19H28N4O3. The number of aliphatic hydroxyl groups excluding tert-OH is 1. The Labute approximate surface area is 154 Å². The van der Waals surface area contributed by atoms with Crippen LogP contribution in [-0.4, -0.2) is 62.4 Å². The van der Waals surface area contributed by atoms with E-state index in [2.05, 4.69) is 9.97 Å². The average Bonchev–Trinajstić information content (AvgIpc) is 2.66. The van der Waals surface area contributed by atoms with E-state index in [-0.39, 0.29) is 17.2 Å². The Morgan fingerprint density at radius 1 is 1.27 bits per heavy atom. The highest BCUT2D eigenvalue weighted by molar-refractivity contribution is 5.80. The van der Waals surface area contributed by atoms with Crippen LogP contribution >= 0.6 is 0 Å². The highest BCUT2D eigenvalue weighted by Crippen LogP contribution is 2.40. The smallest absolute Gasteiger partial charge is 0.251 e. The molecule has 2 aliphatic rings. The number of hydrogen-bond donors (Lipinski definition) is 1. The van der Waals surface area contributed by atoms with Gasteiger partial charge in [0.05, 0.1) is 24.1 Å². The van der Waals surface area contributed by atoms with E-state index in [4.69, 9.17) is 0 Å². The summed E-state index contributed by atoms with van der Waals surface area (Å²) in [5, 5.41) is 9.78. The van der Waals surface area contributed by atoms with Gasteiger partial charge in [-0.15, -0.1) is 0 Å². The molecule has 0 bridgehead atoms. The summed E-state index contributed by atoms with van der Waals surface area (Å²) < 4.78 is 0. The van der Waals surface area contributed by atoms with Gasteiger partial charge in [-0.3, -0.25) is 19.6 Å². The highest BCUT2D eigenvalue weighted by atomic mass is 16.3. The maximum atomic E-state index is 12.4. The van der Waals surface area contributed by atoms with Crippen LogP contribution in [0.2, 0.25) is 0 Å². The lowest BCUT2D eigenvalue weighted by atomic mass is 9.72. The zero-order chi connectivity index (χ0) is 18.7. The van der Waals surface area contributed by atoms with Gasteiger partial charge in [-0.05, 0) is 38.0 Å². The summed E-state index contributed by atoms with van der Waals surface area (Å²) >= 11 is 0. The van der Waals surface area contributed by atoms with Gasteiger partial charge in [0.1, 0.15) is 6.10 Å². The van der Waals surface area contributed by atoms with E-state index in [1.807, 2.05) is 18.7 Å². The lowest BCUT2D eigenvalue weighted by molar-refractivity contribution is -0.147. The van der Waals surface area contributed by atoms with Crippen LogP contribution in [0.5, 0.6) is 0 Å². The molecule has 1 aromatic heterocycles. The number of aromatic nitrogens is 2. The first-order chi connectivity index (χ1) is 12.4. The van der Waals surface area contributed by atoms with Gasteiger partial charge < -0.3 is 14.9 Å². The molecule has 1 atom stereocenters. The molecule has 2 aliphatic heterocycles. The molecule has 142 valence electrons. The van der Waals surface area contributed by atoms with Gasteiger partial charge in [-0.1, -0.05) is 6.92 Å². The third-order valence-electron chi connectivity index (χ3n) is 5.74. The fourth-order valence-corrected chi connectivity index (χ4v) is 3.94. The van der Waals surface area contributed by atoms with Crippen molar-refractivity contribution in [1.82, 2.24) is 19.8 Å². The van der Waals surface area contributed by atoms with Crippen molar-refractivity contribution in [3.05, 3.63) is 23.8 Å². The summed E-state index contributed by atoms with van der Waals surface area (Å²) in [6.45, 7) is 6.21. The second kappa shape index (κ2) is 7.70. The minimum absolute atomic E-state index is 0.0694. The van der Waals surface area contributed by atoms with E-state index < -0.39 is 6.10 Å². The quantitative estimate of drug-likeness (QED) is 0.874. The number of nitrogens with zero attached hydrogens (tertiary/aromatic N) is 4. The second-order valence-electron chi connectivity index (χ2n) is 7.65. The summed E-state index contributed by atoms with van der Waals surface area (Å²) in [7, 11) is 0.